The highest BCUT2D eigenvalue weighted by molar-refractivity contribution is 5.78. The lowest BCUT2D eigenvalue weighted by Gasteiger charge is -2.29. The van der Waals surface area contributed by atoms with E-state index in [9.17, 15) is 14.7 Å². The molecule has 0 radical (unpaired) electrons. The number of aliphatic carboxylic acids is 1. The molecule has 0 aliphatic carbocycles. The van der Waals surface area contributed by atoms with Gasteiger partial charge in [0.15, 0.2) is 0 Å². The Labute approximate surface area is 213 Å². The molecule has 4 rings (SSSR count). The third-order valence-corrected chi connectivity index (χ3v) is 7.25. The van der Waals surface area contributed by atoms with Gasteiger partial charge in [0.05, 0.1) is 25.7 Å². The summed E-state index contributed by atoms with van der Waals surface area (Å²) in [6.07, 6.45) is 7.32. The number of aryl methyl sites for hydroxylation is 2. The van der Waals surface area contributed by atoms with Gasteiger partial charge in [-0.2, -0.15) is 0 Å². The molecule has 1 aromatic carbocycles. The van der Waals surface area contributed by atoms with Gasteiger partial charge in [0.1, 0.15) is 11.6 Å². The van der Waals surface area contributed by atoms with E-state index in [2.05, 4.69) is 16.0 Å². The van der Waals surface area contributed by atoms with Crippen LogP contribution in [0, 0.1) is 5.92 Å². The first-order valence-corrected chi connectivity index (χ1v) is 13.0. The number of benzene rings is 1. The fraction of sp³-hybridized carbons (Fsp3) is 0.593. The number of carbonyl (C=O) groups excluding carboxylic acids is 1. The van der Waals surface area contributed by atoms with Crippen LogP contribution in [0.1, 0.15) is 56.0 Å². The van der Waals surface area contributed by atoms with Crippen molar-refractivity contribution in [2.75, 3.05) is 32.8 Å². The first kappa shape index (κ1) is 26.2. The van der Waals surface area contributed by atoms with Crippen LogP contribution in [0.25, 0.3) is 0 Å². The molecule has 36 heavy (non-hydrogen) atoms. The van der Waals surface area contributed by atoms with E-state index in [1.807, 2.05) is 43.8 Å². The Morgan fingerprint density at radius 2 is 2.11 bits per heavy atom. The molecule has 9 heteroatoms. The fourth-order valence-corrected chi connectivity index (χ4v) is 5.46. The molecule has 3 heterocycles. The summed E-state index contributed by atoms with van der Waals surface area (Å²) in [7, 11) is 1.94. The van der Waals surface area contributed by atoms with Crippen molar-refractivity contribution in [1.82, 2.24) is 19.5 Å². The molecule has 0 bridgehead atoms. The van der Waals surface area contributed by atoms with Gasteiger partial charge in [0.2, 0.25) is 0 Å². The minimum Gasteiger partial charge on any atom is -0.493 e. The lowest BCUT2D eigenvalue weighted by atomic mass is 9.83. The monoisotopic (exact) mass is 498 g/mol. The fourth-order valence-electron chi connectivity index (χ4n) is 5.46. The number of amides is 1. The second kappa shape index (κ2) is 11.9. The number of aromatic nitrogens is 2. The molecule has 0 spiro atoms. The Bertz CT molecular complexity index is 1050. The van der Waals surface area contributed by atoms with Crippen molar-refractivity contribution in [1.29, 1.82) is 0 Å². The smallest absolute Gasteiger partial charge is 0.308 e. The van der Waals surface area contributed by atoms with E-state index in [4.69, 9.17) is 9.57 Å². The Kier molecular flexibility index (Phi) is 8.64. The van der Waals surface area contributed by atoms with Crippen LogP contribution in [0.3, 0.4) is 0 Å². The molecule has 0 saturated carbocycles. The summed E-state index contributed by atoms with van der Waals surface area (Å²) in [5.41, 5.74) is 2.12. The van der Waals surface area contributed by atoms with E-state index in [0.29, 0.717) is 39.1 Å². The summed E-state index contributed by atoms with van der Waals surface area (Å²) in [6.45, 7) is 6.29. The molecule has 1 saturated heterocycles. The molecule has 1 fully saturated rings. The minimum absolute atomic E-state index is 0.126. The van der Waals surface area contributed by atoms with Crippen LogP contribution in [-0.4, -0.2) is 75.4 Å². The van der Waals surface area contributed by atoms with E-state index in [-0.39, 0.29) is 24.4 Å². The topological polar surface area (TPSA) is 97.1 Å². The van der Waals surface area contributed by atoms with Gasteiger partial charge in [-0.05, 0) is 36.5 Å². The van der Waals surface area contributed by atoms with Crippen molar-refractivity contribution >= 4 is 11.9 Å². The van der Waals surface area contributed by atoms with E-state index in [1.54, 1.807) is 6.20 Å². The summed E-state index contributed by atoms with van der Waals surface area (Å²) in [6, 6.07) is 5.74. The summed E-state index contributed by atoms with van der Waals surface area (Å²) >= 11 is 0. The number of carbonyl (C=O) groups is 2. The van der Waals surface area contributed by atoms with Crippen LogP contribution in [0.4, 0.5) is 0 Å². The molecule has 2 aliphatic heterocycles. The maximum absolute atomic E-state index is 13.3. The number of carboxylic acid groups (broad SMARTS) is 1. The van der Waals surface area contributed by atoms with Crippen LogP contribution >= 0.6 is 0 Å². The quantitative estimate of drug-likeness (QED) is 0.449. The molecule has 2 aliphatic rings. The number of rotatable bonds is 12. The summed E-state index contributed by atoms with van der Waals surface area (Å²) in [4.78, 5) is 38.2. The van der Waals surface area contributed by atoms with Gasteiger partial charge in [-0.1, -0.05) is 26.0 Å². The van der Waals surface area contributed by atoms with Crippen LogP contribution in [0.5, 0.6) is 5.75 Å². The number of likely N-dealkylation sites (tertiary alicyclic amines) is 1. The maximum atomic E-state index is 13.3. The van der Waals surface area contributed by atoms with Crippen molar-refractivity contribution in [3.63, 3.8) is 0 Å². The highest BCUT2D eigenvalue weighted by Gasteiger charge is 2.47. The molecule has 196 valence electrons. The van der Waals surface area contributed by atoms with Gasteiger partial charge in [0, 0.05) is 57.3 Å². The van der Waals surface area contributed by atoms with Gasteiger partial charge >= 0.3 is 5.97 Å². The van der Waals surface area contributed by atoms with Crippen molar-refractivity contribution < 1.29 is 24.3 Å². The van der Waals surface area contributed by atoms with Gasteiger partial charge in [0.25, 0.3) is 5.91 Å². The second-order valence-corrected chi connectivity index (χ2v) is 9.76. The molecule has 1 amide bonds. The van der Waals surface area contributed by atoms with E-state index >= 15 is 0 Å². The zero-order chi connectivity index (χ0) is 25.7. The highest BCUT2D eigenvalue weighted by Crippen LogP contribution is 2.41. The standard InChI is InChI=1S/C27H38N4O5/c1-4-12-31(36-14-5-2)25(32)18-30-17-21(19-6-8-23-20(16-19)10-15-35-23)26(27(33)34)22(30)7-9-24-28-11-13-29(24)3/h6,8,11,13,16,21-22,26H,4-5,7,9-10,12,14-15,17-18H2,1-3H3,(H,33,34). The van der Waals surface area contributed by atoms with Crippen LogP contribution in [0.15, 0.2) is 30.6 Å². The van der Waals surface area contributed by atoms with Gasteiger partial charge < -0.3 is 14.4 Å². The van der Waals surface area contributed by atoms with Gasteiger partial charge in [-0.3, -0.25) is 19.3 Å². The predicted octanol–water partition coefficient (Wildman–Crippen LogP) is 3.04. The number of ether oxygens (including phenoxy) is 1. The molecule has 1 aromatic heterocycles. The summed E-state index contributed by atoms with van der Waals surface area (Å²) in [5.74, 6) is -0.0188. The zero-order valence-corrected chi connectivity index (χ0v) is 21.6. The van der Waals surface area contributed by atoms with E-state index in [1.165, 1.54) is 5.06 Å². The summed E-state index contributed by atoms with van der Waals surface area (Å²) < 4.78 is 7.62. The molecule has 2 aromatic rings. The van der Waals surface area contributed by atoms with Crippen LogP contribution in [-0.2, 0) is 34.3 Å². The normalized spacial score (nSPS) is 21.4. The van der Waals surface area contributed by atoms with Gasteiger partial charge in [-0.15, -0.1) is 0 Å². The number of hydrogen-bond acceptors (Lipinski definition) is 6. The largest absolute Gasteiger partial charge is 0.493 e. The first-order chi connectivity index (χ1) is 17.4. The number of hydrogen-bond donors (Lipinski definition) is 1. The van der Waals surface area contributed by atoms with Crippen molar-refractivity contribution in [3.8, 4) is 5.75 Å². The minimum atomic E-state index is -0.829. The van der Waals surface area contributed by atoms with Crippen molar-refractivity contribution in [3.05, 3.63) is 47.5 Å². The number of fused-ring (bicyclic) bond motifs is 1. The molecule has 3 atom stereocenters. The molecular formula is C27H38N4O5. The average Bonchev–Trinajstić information content (AvgIpc) is 3.58. The Morgan fingerprint density at radius 3 is 2.81 bits per heavy atom. The maximum Gasteiger partial charge on any atom is 0.308 e. The van der Waals surface area contributed by atoms with E-state index < -0.39 is 11.9 Å². The lowest BCUT2D eigenvalue weighted by Crippen LogP contribution is -2.44. The third kappa shape index (κ3) is 5.73. The van der Waals surface area contributed by atoms with Crippen molar-refractivity contribution in [2.24, 2.45) is 13.0 Å². The van der Waals surface area contributed by atoms with Crippen molar-refractivity contribution in [2.45, 2.75) is 57.9 Å². The Morgan fingerprint density at radius 1 is 1.28 bits per heavy atom. The highest BCUT2D eigenvalue weighted by atomic mass is 16.7. The van der Waals surface area contributed by atoms with Gasteiger partial charge in [-0.25, -0.2) is 10.0 Å². The molecular weight excluding hydrogens is 460 g/mol. The van der Waals surface area contributed by atoms with Crippen LogP contribution < -0.4 is 4.74 Å². The average molecular weight is 499 g/mol. The first-order valence-electron chi connectivity index (χ1n) is 13.0. The number of imidazole rings is 1. The number of nitrogens with zero attached hydrogens (tertiary/aromatic N) is 4. The number of carboxylic acids is 1. The molecule has 1 N–H and O–H groups in total. The Hall–Kier alpha value is -2.91. The SMILES string of the molecule is CCCON(CCC)C(=O)CN1CC(c2ccc3c(c2)CCO3)C(C(=O)O)C1CCc1nccn1C. The summed E-state index contributed by atoms with van der Waals surface area (Å²) in [5, 5.41) is 11.8. The molecule has 9 nitrogen and oxygen atoms in total. The predicted molar refractivity (Wildman–Crippen MR) is 135 cm³/mol. The van der Waals surface area contributed by atoms with Crippen LogP contribution in [0.2, 0.25) is 0 Å². The lowest BCUT2D eigenvalue weighted by molar-refractivity contribution is -0.188. The van der Waals surface area contributed by atoms with E-state index in [0.717, 1.165) is 42.0 Å². The Balaban J connectivity index is 1.60. The zero-order valence-electron chi connectivity index (χ0n) is 21.6. The third-order valence-electron chi connectivity index (χ3n) is 7.25. The molecule has 3 unspecified atom stereocenters. The number of hydroxylamine groups is 2. The second-order valence-electron chi connectivity index (χ2n) is 9.76.